The van der Waals surface area contributed by atoms with Crippen molar-refractivity contribution in [2.45, 2.75) is 25.3 Å². The standard InChI is InChI=1S/C29H25F2N3O4S3/c30-22-6-3-18(13-23(22)31)19-12-21(40-15-19)14-25-27(36)34(29(39)41-25)24(11-16-7-9-32-10-8-16)26(35)33-20-4-1-17(2-5-20)28(37)38/h1-6,12-16,24,32H,7-11H2,(H,33,35)(H,37,38)/b25-14-. The van der Waals surface area contributed by atoms with Crippen LogP contribution in [0.25, 0.3) is 17.2 Å². The summed E-state index contributed by atoms with van der Waals surface area (Å²) in [4.78, 5) is 40.9. The molecule has 3 N–H and O–H groups in total. The zero-order chi connectivity index (χ0) is 29.1. The van der Waals surface area contributed by atoms with Gasteiger partial charge in [0.2, 0.25) is 5.91 Å². The molecule has 1 atom stereocenters. The molecule has 2 fully saturated rings. The topological polar surface area (TPSA) is 98.7 Å². The maximum absolute atomic E-state index is 13.7. The van der Waals surface area contributed by atoms with E-state index in [2.05, 4.69) is 10.6 Å². The number of anilines is 1. The first-order chi connectivity index (χ1) is 19.7. The number of carboxylic acids is 1. The fourth-order valence-corrected chi connectivity index (χ4v) is 7.09. The smallest absolute Gasteiger partial charge is 0.335 e. The number of carboxylic acid groups (broad SMARTS) is 1. The summed E-state index contributed by atoms with van der Waals surface area (Å²) in [5.41, 5.74) is 1.72. The van der Waals surface area contributed by atoms with Crippen LogP contribution in [0.2, 0.25) is 0 Å². The predicted molar refractivity (Wildman–Crippen MR) is 161 cm³/mol. The molecule has 3 heterocycles. The van der Waals surface area contributed by atoms with Crippen LogP contribution in [0, 0.1) is 17.6 Å². The molecule has 2 aliphatic rings. The fraction of sp³-hybridized carbons (Fsp3) is 0.241. The molecular formula is C29H25F2N3O4S3. The summed E-state index contributed by atoms with van der Waals surface area (Å²) in [7, 11) is 0. The Labute approximate surface area is 248 Å². The molecule has 5 rings (SSSR count). The molecule has 2 saturated heterocycles. The molecule has 1 unspecified atom stereocenters. The maximum Gasteiger partial charge on any atom is 0.335 e. The van der Waals surface area contributed by atoms with Crippen molar-refractivity contribution in [3.8, 4) is 11.1 Å². The zero-order valence-corrected chi connectivity index (χ0v) is 24.0. The second-order valence-corrected chi connectivity index (χ2v) is 12.4. The van der Waals surface area contributed by atoms with Crippen molar-refractivity contribution in [2.75, 3.05) is 18.4 Å². The second kappa shape index (κ2) is 12.6. The summed E-state index contributed by atoms with van der Waals surface area (Å²) in [6.45, 7) is 1.65. The van der Waals surface area contributed by atoms with Gasteiger partial charge in [-0.2, -0.15) is 0 Å². The summed E-state index contributed by atoms with van der Waals surface area (Å²) >= 11 is 8.05. The quantitative estimate of drug-likeness (QED) is 0.212. The third-order valence-electron chi connectivity index (χ3n) is 7.00. The molecule has 0 radical (unpaired) electrons. The lowest BCUT2D eigenvalue weighted by molar-refractivity contribution is -0.130. The number of aromatic carboxylic acids is 1. The van der Waals surface area contributed by atoms with Gasteiger partial charge in [0.25, 0.3) is 5.91 Å². The van der Waals surface area contributed by atoms with Gasteiger partial charge in [-0.3, -0.25) is 14.5 Å². The number of thioether (sulfide) groups is 1. The second-order valence-electron chi connectivity index (χ2n) is 9.73. The molecule has 212 valence electrons. The van der Waals surface area contributed by atoms with Gasteiger partial charge in [-0.15, -0.1) is 11.3 Å². The Balaban J connectivity index is 1.37. The van der Waals surface area contributed by atoms with Crippen LogP contribution in [0.4, 0.5) is 14.5 Å². The van der Waals surface area contributed by atoms with Gasteiger partial charge in [-0.1, -0.05) is 30.0 Å². The highest BCUT2D eigenvalue weighted by molar-refractivity contribution is 8.26. The lowest BCUT2D eigenvalue weighted by atomic mass is 9.90. The number of hydrogen-bond acceptors (Lipinski definition) is 7. The van der Waals surface area contributed by atoms with Crippen LogP contribution in [0.5, 0.6) is 0 Å². The monoisotopic (exact) mass is 613 g/mol. The largest absolute Gasteiger partial charge is 0.478 e. The zero-order valence-electron chi connectivity index (χ0n) is 21.6. The lowest BCUT2D eigenvalue weighted by Crippen LogP contribution is -2.48. The van der Waals surface area contributed by atoms with Gasteiger partial charge < -0.3 is 15.7 Å². The number of carbonyl (C=O) groups is 3. The van der Waals surface area contributed by atoms with Crippen LogP contribution >= 0.6 is 35.3 Å². The molecule has 7 nitrogen and oxygen atoms in total. The Bertz CT molecular complexity index is 1530. The van der Waals surface area contributed by atoms with Crippen molar-refractivity contribution in [3.05, 3.63) is 80.9 Å². The van der Waals surface area contributed by atoms with E-state index in [1.54, 1.807) is 17.5 Å². The molecule has 0 spiro atoms. The van der Waals surface area contributed by atoms with Gasteiger partial charge in [-0.25, -0.2) is 13.6 Å². The summed E-state index contributed by atoms with van der Waals surface area (Å²) in [6, 6.07) is 10.4. The first-order valence-corrected chi connectivity index (χ1v) is 15.0. The third-order valence-corrected chi connectivity index (χ3v) is 9.21. The Morgan fingerprint density at radius 2 is 1.83 bits per heavy atom. The average Bonchev–Trinajstić information content (AvgIpc) is 3.53. The van der Waals surface area contributed by atoms with Gasteiger partial charge in [0.1, 0.15) is 10.4 Å². The number of nitrogens with zero attached hydrogens (tertiary/aromatic N) is 1. The van der Waals surface area contributed by atoms with Crippen LogP contribution in [0.3, 0.4) is 0 Å². The average molecular weight is 614 g/mol. The van der Waals surface area contributed by atoms with Crippen LogP contribution in [-0.4, -0.2) is 51.2 Å². The van der Waals surface area contributed by atoms with E-state index in [9.17, 15) is 23.2 Å². The molecule has 1 aromatic heterocycles. The molecule has 2 amide bonds. The summed E-state index contributed by atoms with van der Waals surface area (Å²) in [5.74, 6) is -3.50. The van der Waals surface area contributed by atoms with Crippen molar-refractivity contribution in [3.63, 3.8) is 0 Å². The van der Waals surface area contributed by atoms with E-state index in [4.69, 9.17) is 17.3 Å². The number of nitrogens with one attached hydrogen (secondary N) is 2. The SMILES string of the molecule is O=C(O)c1ccc(NC(=O)C(CC2CCNCC2)N2C(=O)/C(=C/c3cc(-c4ccc(F)c(F)c4)cs3)SC2=S)cc1. The summed E-state index contributed by atoms with van der Waals surface area (Å²) in [5, 5.41) is 17.1. The number of thiophene rings is 1. The van der Waals surface area contributed by atoms with Gasteiger partial charge >= 0.3 is 5.97 Å². The van der Waals surface area contributed by atoms with Gasteiger partial charge in [0.05, 0.1) is 10.5 Å². The number of rotatable bonds is 8. The van der Waals surface area contributed by atoms with Crippen LogP contribution in [0.1, 0.15) is 34.5 Å². The molecule has 0 aliphatic carbocycles. The van der Waals surface area contributed by atoms with E-state index in [0.717, 1.165) is 54.7 Å². The Hall–Kier alpha value is -3.45. The fourth-order valence-electron chi connectivity index (χ4n) is 4.82. The minimum Gasteiger partial charge on any atom is -0.478 e. The van der Waals surface area contributed by atoms with E-state index in [1.807, 2.05) is 0 Å². The first-order valence-electron chi connectivity index (χ1n) is 12.9. The number of thiocarbonyl (C=S) groups is 1. The van der Waals surface area contributed by atoms with Crippen LogP contribution < -0.4 is 10.6 Å². The Morgan fingerprint density at radius 1 is 1.10 bits per heavy atom. The normalized spacial score (nSPS) is 17.7. The number of halogens is 2. The highest BCUT2D eigenvalue weighted by Crippen LogP contribution is 2.38. The number of carbonyl (C=O) groups excluding carboxylic acids is 2. The van der Waals surface area contributed by atoms with Crippen molar-refractivity contribution >= 4 is 69.2 Å². The van der Waals surface area contributed by atoms with Crippen LogP contribution in [-0.2, 0) is 9.59 Å². The predicted octanol–water partition coefficient (Wildman–Crippen LogP) is 5.99. The van der Waals surface area contributed by atoms with Crippen LogP contribution in [0.15, 0.2) is 58.8 Å². The molecule has 2 aliphatic heterocycles. The Morgan fingerprint density at radius 3 is 2.51 bits per heavy atom. The third kappa shape index (κ3) is 6.72. The van der Waals surface area contributed by atoms with E-state index >= 15 is 0 Å². The highest BCUT2D eigenvalue weighted by Gasteiger charge is 2.41. The molecule has 0 bridgehead atoms. The number of amides is 2. The molecule has 0 saturated carbocycles. The van der Waals surface area contributed by atoms with E-state index < -0.39 is 29.6 Å². The van der Waals surface area contributed by atoms with Gasteiger partial charge in [-0.05, 0) is 103 Å². The minimum atomic E-state index is -1.07. The first kappa shape index (κ1) is 29.1. The lowest BCUT2D eigenvalue weighted by Gasteiger charge is -2.31. The minimum absolute atomic E-state index is 0.0950. The maximum atomic E-state index is 13.7. The molecule has 3 aromatic rings. The Kier molecular flexibility index (Phi) is 8.93. The molecule has 41 heavy (non-hydrogen) atoms. The molecular weight excluding hydrogens is 589 g/mol. The highest BCUT2D eigenvalue weighted by atomic mass is 32.2. The number of benzene rings is 2. The van der Waals surface area contributed by atoms with Crippen molar-refractivity contribution in [2.24, 2.45) is 5.92 Å². The summed E-state index contributed by atoms with van der Waals surface area (Å²) < 4.78 is 27.3. The van der Waals surface area contributed by atoms with Crippen molar-refractivity contribution < 1.29 is 28.3 Å². The van der Waals surface area contributed by atoms with Gasteiger partial charge in [0.15, 0.2) is 11.6 Å². The van der Waals surface area contributed by atoms with Crippen molar-refractivity contribution in [1.82, 2.24) is 10.2 Å². The number of hydrogen-bond donors (Lipinski definition) is 3. The van der Waals surface area contributed by atoms with E-state index in [-0.39, 0.29) is 21.7 Å². The van der Waals surface area contributed by atoms with E-state index in [1.165, 1.54) is 46.6 Å². The van der Waals surface area contributed by atoms with Crippen molar-refractivity contribution in [1.29, 1.82) is 0 Å². The van der Waals surface area contributed by atoms with E-state index in [0.29, 0.717) is 28.1 Å². The number of piperidine rings is 1. The van der Waals surface area contributed by atoms with Gasteiger partial charge in [0, 0.05) is 10.6 Å². The summed E-state index contributed by atoms with van der Waals surface area (Å²) in [6.07, 6.45) is 3.85. The molecule has 12 heteroatoms. The molecule has 2 aromatic carbocycles.